The molecule has 0 aromatic carbocycles. The van der Waals surface area contributed by atoms with Gasteiger partial charge in [0.15, 0.2) is 0 Å². The first-order valence-electron chi connectivity index (χ1n) is 11.2. The lowest BCUT2D eigenvalue weighted by Crippen LogP contribution is -2.40. The lowest BCUT2D eigenvalue weighted by Gasteiger charge is -2.29. The van der Waals surface area contributed by atoms with Crippen LogP contribution in [0, 0.1) is 0 Å². The number of alkyl carbamates (subject to hydrolysis) is 1. The van der Waals surface area contributed by atoms with Crippen LogP contribution < -0.4 is 5.32 Å². The minimum atomic E-state index is -0.455. The summed E-state index contributed by atoms with van der Waals surface area (Å²) in [5.41, 5.74) is 0.879. The fourth-order valence-electron chi connectivity index (χ4n) is 2.07. The molecule has 8 nitrogen and oxygen atoms in total. The molecule has 0 bridgehead atoms. The largest absolute Gasteiger partial charge is 0.444 e. The van der Waals surface area contributed by atoms with Crippen molar-refractivity contribution < 1.29 is 28.9 Å². The summed E-state index contributed by atoms with van der Waals surface area (Å²) in [4.78, 5) is 24.5. The van der Waals surface area contributed by atoms with Gasteiger partial charge in [-0.25, -0.2) is 9.59 Å². The van der Waals surface area contributed by atoms with Gasteiger partial charge in [0.2, 0.25) is 0 Å². The van der Waals surface area contributed by atoms with Crippen LogP contribution in [-0.2, 0) is 14.2 Å². The molecule has 1 fully saturated rings. The Labute approximate surface area is 215 Å². The number of nitrogens with zero attached hydrogens (tertiary/aromatic N) is 1. The molecule has 1 saturated heterocycles. The van der Waals surface area contributed by atoms with E-state index < -0.39 is 17.3 Å². The van der Waals surface area contributed by atoms with Gasteiger partial charge in [0, 0.05) is 44.6 Å². The van der Waals surface area contributed by atoms with E-state index >= 15 is 0 Å². The van der Waals surface area contributed by atoms with E-state index in [0.29, 0.717) is 51.0 Å². The Morgan fingerprint density at radius 2 is 1.68 bits per heavy atom. The monoisotopic (exact) mass is 526 g/mol. The molecule has 2 amide bonds. The minimum Gasteiger partial charge on any atom is -0.444 e. The Bertz CT molecular complexity index is 610. The van der Waals surface area contributed by atoms with Crippen molar-refractivity contribution in [1.29, 1.82) is 0 Å². The molecule has 0 unspecified atom stereocenters. The number of nitrogens with one attached hydrogen (secondary N) is 1. The molecule has 0 aromatic rings. The van der Waals surface area contributed by atoms with Gasteiger partial charge in [-0.15, -0.1) is 23.2 Å². The second kappa shape index (κ2) is 18.8. The number of halogens is 2. The molecule has 1 rings (SSSR count). The maximum Gasteiger partial charge on any atom is 0.410 e. The summed E-state index contributed by atoms with van der Waals surface area (Å²) in [5, 5.41) is 10.9. The topological polar surface area (TPSA) is 97.3 Å². The summed E-state index contributed by atoms with van der Waals surface area (Å²) in [7, 11) is 0. The van der Waals surface area contributed by atoms with Crippen molar-refractivity contribution >= 4 is 35.4 Å². The predicted octanol–water partition coefficient (Wildman–Crippen LogP) is 5.11. The summed E-state index contributed by atoms with van der Waals surface area (Å²) in [5.74, 6) is 0.951. The van der Waals surface area contributed by atoms with Crippen molar-refractivity contribution in [1.82, 2.24) is 10.2 Å². The molecular formula is C24H44Cl2N2O6. The zero-order valence-corrected chi connectivity index (χ0v) is 23.2. The SMILES string of the molecule is C=C(CCl)CCl.C=C1COCCCN(C(=O)OC(C)(C)C)C1.CC(C)(C)OC(=O)NCCCO. The molecule has 200 valence electrons. The van der Waals surface area contributed by atoms with Gasteiger partial charge in [-0.2, -0.15) is 0 Å². The number of allylic oxidation sites excluding steroid dienone is 1. The fraction of sp³-hybridized carbons (Fsp3) is 0.750. The molecule has 0 spiro atoms. The van der Waals surface area contributed by atoms with Crippen molar-refractivity contribution in [3.05, 3.63) is 24.3 Å². The van der Waals surface area contributed by atoms with Gasteiger partial charge in [-0.05, 0) is 65.5 Å². The van der Waals surface area contributed by atoms with Crippen LogP contribution in [0.5, 0.6) is 0 Å². The second-order valence-electron chi connectivity index (χ2n) is 9.58. The van der Waals surface area contributed by atoms with Crippen LogP contribution in [0.4, 0.5) is 9.59 Å². The molecule has 1 aliphatic heterocycles. The highest BCUT2D eigenvalue weighted by Crippen LogP contribution is 2.12. The van der Waals surface area contributed by atoms with Gasteiger partial charge in [-0.1, -0.05) is 13.2 Å². The van der Waals surface area contributed by atoms with Gasteiger partial charge >= 0.3 is 12.2 Å². The van der Waals surface area contributed by atoms with Crippen LogP contribution in [-0.4, -0.2) is 84.6 Å². The number of aliphatic hydroxyl groups is 1. The number of rotatable bonds is 5. The fourth-order valence-corrected chi connectivity index (χ4v) is 2.36. The van der Waals surface area contributed by atoms with Crippen LogP contribution in [0.3, 0.4) is 0 Å². The van der Waals surface area contributed by atoms with Gasteiger partial charge in [0.1, 0.15) is 11.2 Å². The van der Waals surface area contributed by atoms with E-state index in [1.54, 1.807) is 25.7 Å². The standard InChI is InChI=1S/C12H21NO3.C8H17NO3.C4H6Cl2/c1-10-8-13(6-5-7-15-9-10)11(14)16-12(2,3)4;1-8(2,3)12-7(11)9-5-4-6-10;1-4(2-5)3-6/h1,5-9H2,2-4H3;10H,4-6H2,1-3H3,(H,9,11);1-3H2. The van der Waals surface area contributed by atoms with E-state index in [2.05, 4.69) is 18.5 Å². The quantitative estimate of drug-likeness (QED) is 0.293. The lowest BCUT2D eigenvalue weighted by atomic mass is 10.2. The normalized spacial score (nSPS) is 14.3. The molecule has 0 radical (unpaired) electrons. The predicted molar refractivity (Wildman–Crippen MR) is 139 cm³/mol. The van der Waals surface area contributed by atoms with E-state index in [1.807, 2.05) is 20.8 Å². The number of alkyl halides is 2. The Hall–Kier alpha value is -1.48. The summed E-state index contributed by atoms with van der Waals surface area (Å²) in [6.45, 7) is 21.3. The highest BCUT2D eigenvalue weighted by Gasteiger charge is 2.23. The van der Waals surface area contributed by atoms with Crippen molar-refractivity contribution in [3.8, 4) is 0 Å². The van der Waals surface area contributed by atoms with Crippen LogP contribution in [0.25, 0.3) is 0 Å². The molecule has 0 aliphatic carbocycles. The van der Waals surface area contributed by atoms with E-state index in [0.717, 1.165) is 17.6 Å². The van der Waals surface area contributed by atoms with Crippen molar-refractivity contribution in [2.45, 2.75) is 65.6 Å². The summed E-state index contributed by atoms with van der Waals surface area (Å²) in [6, 6.07) is 0. The smallest absolute Gasteiger partial charge is 0.410 e. The Kier molecular flexibility index (Phi) is 19.2. The molecule has 34 heavy (non-hydrogen) atoms. The molecule has 0 aromatic heterocycles. The van der Waals surface area contributed by atoms with Crippen LogP contribution in [0.2, 0.25) is 0 Å². The number of ether oxygens (including phenoxy) is 3. The zero-order chi connectivity index (χ0) is 26.8. The van der Waals surface area contributed by atoms with Crippen LogP contribution in [0.1, 0.15) is 54.4 Å². The first kappa shape index (κ1) is 34.7. The van der Waals surface area contributed by atoms with Gasteiger partial charge < -0.3 is 29.5 Å². The Morgan fingerprint density at radius 1 is 1.12 bits per heavy atom. The number of hydrogen-bond donors (Lipinski definition) is 2. The highest BCUT2D eigenvalue weighted by atomic mass is 35.5. The zero-order valence-electron chi connectivity index (χ0n) is 21.7. The van der Waals surface area contributed by atoms with E-state index in [4.69, 9.17) is 42.5 Å². The molecule has 0 saturated carbocycles. The molecule has 10 heteroatoms. The third kappa shape index (κ3) is 23.7. The summed E-state index contributed by atoms with van der Waals surface area (Å²) < 4.78 is 15.6. The van der Waals surface area contributed by atoms with E-state index in [-0.39, 0.29) is 12.7 Å². The van der Waals surface area contributed by atoms with Crippen LogP contribution >= 0.6 is 23.2 Å². The lowest BCUT2D eigenvalue weighted by molar-refractivity contribution is 0.0214. The molecule has 1 aliphatic rings. The number of hydrogen-bond acceptors (Lipinski definition) is 6. The Morgan fingerprint density at radius 3 is 2.12 bits per heavy atom. The molecule has 0 atom stereocenters. The first-order chi connectivity index (χ1) is 15.6. The van der Waals surface area contributed by atoms with E-state index in [1.165, 1.54) is 0 Å². The molecule has 1 heterocycles. The summed E-state index contributed by atoms with van der Waals surface area (Å²) >= 11 is 10.5. The number of carbonyl (C=O) groups is 2. The van der Waals surface area contributed by atoms with Crippen molar-refractivity contribution in [2.75, 3.05) is 51.2 Å². The third-order valence-corrected chi connectivity index (χ3v) is 4.23. The van der Waals surface area contributed by atoms with Crippen molar-refractivity contribution in [2.24, 2.45) is 0 Å². The first-order valence-corrected chi connectivity index (χ1v) is 12.3. The average Bonchev–Trinajstić information content (AvgIpc) is 2.68. The molecular weight excluding hydrogens is 483 g/mol. The number of carbonyl (C=O) groups excluding carboxylic acids is 2. The molecule has 2 N–H and O–H groups in total. The van der Waals surface area contributed by atoms with Gasteiger partial charge in [-0.3, -0.25) is 0 Å². The number of aliphatic hydroxyl groups excluding tert-OH is 1. The summed E-state index contributed by atoms with van der Waals surface area (Å²) in [6.07, 6.45) is 0.692. The van der Waals surface area contributed by atoms with Gasteiger partial charge in [0.05, 0.1) is 6.61 Å². The maximum atomic E-state index is 11.8. The van der Waals surface area contributed by atoms with E-state index in [9.17, 15) is 9.59 Å². The minimum absolute atomic E-state index is 0.0792. The number of amides is 2. The van der Waals surface area contributed by atoms with Gasteiger partial charge in [0.25, 0.3) is 0 Å². The average molecular weight is 528 g/mol. The van der Waals surface area contributed by atoms with Crippen LogP contribution in [0.15, 0.2) is 24.3 Å². The third-order valence-electron chi connectivity index (χ3n) is 3.47. The Balaban J connectivity index is 0. The highest BCUT2D eigenvalue weighted by molar-refractivity contribution is 6.23. The van der Waals surface area contributed by atoms with Crippen molar-refractivity contribution in [3.63, 3.8) is 0 Å². The maximum absolute atomic E-state index is 11.8. The second-order valence-corrected chi connectivity index (χ2v) is 10.1.